The topological polar surface area (TPSA) is 87.7 Å². The number of carbonyl (C=O) groups excluding carboxylic acids is 1. The number of halogens is 1. The van der Waals surface area contributed by atoms with E-state index in [9.17, 15) is 13.2 Å². The third-order valence-corrected chi connectivity index (χ3v) is 8.60. The van der Waals surface area contributed by atoms with Crippen LogP contribution in [0.2, 0.25) is 5.02 Å². The minimum Gasteiger partial charge on any atom is -0.495 e. The van der Waals surface area contributed by atoms with Crippen LogP contribution in [0.3, 0.4) is 0 Å². The van der Waals surface area contributed by atoms with Crippen LogP contribution in [0.4, 0.5) is 5.69 Å². The Balaban J connectivity index is 1.57. The number of methoxy groups -OCH3 is 1. The van der Waals surface area contributed by atoms with Crippen LogP contribution in [0.15, 0.2) is 33.9 Å². The zero-order chi connectivity index (χ0) is 21.9. The number of amides is 1. The summed E-state index contributed by atoms with van der Waals surface area (Å²) in [6.45, 7) is 4.97. The maximum absolute atomic E-state index is 12.8. The van der Waals surface area contributed by atoms with Gasteiger partial charge in [0.05, 0.1) is 18.8 Å². The lowest BCUT2D eigenvalue weighted by Crippen LogP contribution is -2.50. The first-order valence-corrected chi connectivity index (χ1v) is 12.4. The summed E-state index contributed by atoms with van der Waals surface area (Å²) < 4.78 is 33.2. The number of nitrogens with zero attached hydrogens (tertiary/aromatic N) is 1. The van der Waals surface area contributed by atoms with Crippen molar-refractivity contribution in [3.63, 3.8) is 0 Å². The molecule has 2 heterocycles. The van der Waals surface area contributed by atoms with Crippen LogP contribution < -0.4 is 14.8 Å². The summed E-state index contributed by atoms with van der Waals surface area (Å²) in [6, 6.07) is 6.29. The molecule has 0 bridgehead atoms. The monoisotopic (exact) mass is 471 g/mol. The normalized spacial score (nSPS) is 16.9. The SMILES string of the molecule is COc1cc(Cl)c(C)cc1NC(=O)C(C)N1CCC(NS(=O)(=O)c2cccs2)CC1. The Kier molecular flexibility index (Phi) is 7.41. The van der Waals surface area contributed by atoms with Crippen molar-refractivity contribution in [3.05, 3.63) is 40.2 Å². The molecule has 1 saturated heterocycles. The fraction of sp³-hybridized carbons (Fsp3) is 0.450. The minimum absolute atomic E-state index is 0.136. The summed E-state index contributed by atoms with van der Waals surface area (Å²) in [6.07, 6.45) is 1.29. The molecule has 2 aromatic rings. The Morgan fingerprint density at radius 2 is 2.03 bits per heavy atom. The molecule has 2 N–H and O–H groups in total. The molecule has 1 aliphatic heterocycles. The largest absolute Gasteiger partial charge is 0.495 e. The van der Waals surface area contributed by atoms with Gasteiger partial charge in [-0.05, 0) is 49.8 Å². The maximum Gasteiger partial charge on any atom is 0.250 e. The highest BCUT2D eigenvalue weighted by molar-refractivity contribution is 7.91. The Morgan fingerprint density at radius 1 is 1.33 bits per heavy atom. The van der Waals surface area contributed by atoms with Gasteiger partial charge in [-0.3, -0.25) is 9.69 Å². The molecule has 1 aromatic heterocycles. The molecule has 1 atom stereocenters. The first-order valence-electron chi connectivity index (χ1n) is 9.66. The number of hydrogen-bond acceptors (Lipinski definition) is 6. The van der Waals surface area contributed by atoms with Gasteiger partial charge < -0.3 is 10.1 Å². The summed E-state index contributed by atoms with van der Waals surface area (Å²) in [7, 11) is -1.95. The molecule has 1 aromatic carbocycles. The van der Waals surface area contributed by atoms with E-state index in [1.165, 1.54) is 18.4 Å². The highest BCUT2D eigenvalue weighted by atomic mass is 35.5. The first-order chi connectivity index (χ1) is 14.2. The number of aryl methyl sites for hydroxylation is 1. The van der Waals surface area contributed by atoms with E-state index in [-0.39, 0.29) is 18.0 Å². The second kappa shape index (κ2) is 9.65. The third kappa shape index (κ3) is 5.33. The highest BCUT2D eigenvalue weighted by Gasteiger charge is 2.29. The molecule has 0 radical (unpaired) electrons. The smallest absolute Gasteiger partial charge is 0.250 e. The zero-order valence-electron chi connectivity index (χ0n) is 17.1. The summed E-state index contributed by atoms with van der Waals surface area (Å²) in [5, 5.41) is 5.24. The van der Waals surface area contributed by atoms with E-state index in [4.69, 9.17) is 16.3 Å². The van der Waals surface area contributed by atoms with Crippen LogP contribution in [0.5, 0.6) is 5.75 Å². The molecule has 3 rings (SSSR count). The average molecular weight is 472 g/mol. The number of hydrogen-bond donors (Lipinski definition) is 2. The van der Waals surface area contributed by atoms with Crippen LogP contribution in [0, 0.1) is 6.92 Å². The molecule has 1 aliphatic rings. The minimum atomic E-state index is -3.48. The van der Waals surface area contributed by atoms with Crippen LogP contribution in [-0.4, -0.2) is 51.5 Å². The molecule has 0 aliphatic carbocycles. The predicted molar refractivity (Wildman–Crippen MR) is 120 cm³/mol. The van der Waals surface area contributed by atoms with Crippen LogP contribution in [0.1, 0.15) is 25.3 Å². The van der Waals surface area contributed by atoms with E-state index in [0.717, 1.165) is 5.56 Å². The number of benzene rings is 1. The predicted octanol–water partition coefficient (Wildman–Crippen LogP) is 3.49. The van der Waals surface area contributed by atoms with Gasteiger partial charge in [0.2, 0.25) is 15.9 Å². The quantitative estimate of drug-likeness (QED) is 0.645. The average Bonchev–Trinajstić information content (AvgIpc) is 3.26. The van der Waals surface area contributed by atoms with Crippen molar-refractivity contribution in [2.24, 2.45) is 0 Å². The van der Waals surface area contributed by atoms with Gasteiger partial charge in [0.1, 0.15) is 9.96 Å². The molecule has 10 heteroatoms. The summed E-state index contributed by atoms with van der Waals surface area (Å²) in [5.41, 5.74) is 1.43. The van der Waals surface area contributed by atoms with Crippen molar-refractivity contribution in [2.45, 2.75) is 43.0 Å². The lowest BCUT2D eigenvalue weighted by atomic mass is 10.0. The Morgan fingerprint density at radius 3 is 2.63 bits per heavy atom. The lowest BCUT2D eigenvalue weighted by molar-refractivity contribution is -0.121. The lowest BCUT2D eigenvalue weighted by Gasteiger charge is -2.35. The van der Waals surface area contributed by atoms with E-state index in [0.29, 0.717) is 46.6 Å². The standard InChI is InChI=1S/C20H26ClN3O4S2/c1-13-11-17(18(28-3)12-16(13)21)22-20(25)14(2)24-8-6-15(7-9-24)23-30(26,27)19-5-4-10-29-19/h4-5,10-12,14-15,23H,6-9H2,1-3H3,(H,22,25). The van der Waals surface area contributed by atoms with E-state index in [2.05, 4.69) is 14.9 Å². The second-order valence-corrected chi connectivity index (χ2v) is 10.6. The van der Waals surface area contributed by atoms with Crippen molar-refractivity contribution in [3.8, 4) is 5.75 Å². The molecule has 7 nitrogen and oxygen atoms in total. The number of piperidine rings is 1. The van der Waals surface area contributed by atoms with Crippen LogP contribution >= 0.6 is 22.9 Å². The highest BCUT2D eigenvalue weighted by Crippen LogP contribution is 2.31. The fourth-order valence-corrected chi connectivity index (χ4v) is 5.90. The van der Waals surface area contributed by atoms with Crippen LogP contribution in [-0.2, 0) is 14.8 Å². The van der Waals surface area contributed by atoms with Crippen LogP contribution in [0.25, 0.3) is 0 Å². The third-order valence-electron chi connectivity index (χ3n) is 5.28. The van der Waals surface area contributed by atoms with Crippen molar-refractivity contribution in [1.82, 2.24) is 9.62 Å². The number of likely N-dealkylation sites (tertiary alicyclic amines) is 1. The molecule has 30 heavy (non-hydrogen) atoms. The van der Waals surface area contributed by atoms with Crippen molar-refractivity contribution in [2.75, 3.05) is 25.5 Å². The Hall–Kier alpha value is -1.65. The number of nitrogens with one attached hydrogen (secondary N) is 2. The Bertz CT molecular complexity index is 988. The number of anilines is 1. The number of carbonyl (C=O) groups is 1. The molecular weight excluding hydrogens is 446 g/mol. The summed E-state index contributed by atoms with van der Waals surface area (Å²) in [4.78, 5) is 14.8. The summed E-state index contributed by atoms with van der Waals surface area (Å²) >= 11 is 7.33. The van der Waals surface area contributed by atoms with Gasteiger partial charge in [0, 0.05) is 30.2 Å². The number of rotatable bonds is 7. The fourth-order valence-electron chi connectivity index (χ4n) is 3.43. The van der Waals surface area contributed by atoms with Crippen molar-refractivity contribution < 1.29 is 17.9 Å². The van der Waals surface area contributed by atoms with Crippen molar-refractivity contribution >= 4 is 44.6 Å². The van der Waals surface area contributed by atoms with Gasteiger partial charge >= 0.3 is 0 Å². The van der Waals surface area contributed by atoms with Gasteiger partial charge in [-0.15, -0.1) is 11.3 Å². The zero-order valence-corrected chi connectivity index (χ0v) is 19.5. The number of ether oxygens (including phenoxy) is 1. The first kappa shape index (κ1) is 23.0. The van der Waals surface area contributed by atoms with Gasteiger partial charge in [0.15, 0.2) is 0 Å². The molecular formula is C20H26ClN3O4S2. The van der Waals surface area contributed by atoms with Gasteiger partial charge in [-0.1, -0.05) is 17.7 Å². The van der Waals surface area contributed by atoms with Gasteiger partial charge in [-0.2, -0.15) is 0 Å². The molecule has 1 fully saturated rings. The van der Waals surface area contributed by atoms with Crippen molar-refractivity contribution in [1.29, 1.82) is 0 Å². The maximum atomic E-state index is 12.8. The van der Waals surface area contributed by atoms with Gasteiger partial charge in [0.25, 0.3) is 0 Å². The van der Waals surface area contributed by atoms with Gasteiger partial charge in [-0.25, -0.2) is 13.1 Å². The number of sulfonamides is 1. The molecule has 1 unspecified atom stereocenters. The van der Waals surface area contributed by atoms with E-state index in [1.807, 2.05) is 13.8 Å². The molecule has 0 spiro atoms. The molecule has 0 saturated carbocycles. The van der Waals surface area contributed by atoms with E-state index >= 15 is 0 Å². The Labute approximate surface area is 186 Å². The van der Waals surface area contributed by atoms with E-state index < -0.39 is 10.0 Å². The number of thiophene rings is 1. The summed E-state index contributed by atoms with van der Waals surface area (Å²) in [5.74, 6) is 0.362. The van der Waals surface area contributed by atoms with E-state index in [1.54, 1.807) is 29.6 Å². The molecule has 164 valence electrons. The second-order valence-electron chi connectivity index (χ2n) is 7.33. The molecule has 1 amide bonds.